The molecule has 2 aromatic carbocycles. The molecule has 2 N–H and O–H groups in total. The molecule has 0 aliphatic carbocycles. The van der Waals surface area contributed by atoms with Crippen molar-refractivity contribution in [1.82, 2.24) is 5.01 Å². The first-order valence-electron chi connectivity index (χ1n) is 8.82. The molecule has 0 amide bonds. The molecular formula is C19H20N4O3S2. The lowest BCUT2D eigenvalue weighted by molar-refractivity contribution is 0.461. The Morgan fingerprint density at radius 2 is 1.71 bits per heavy atom. The molecule has 146 valence electrons. The minimum Gasteiger partial charge on any atom is -0.457 e. The topological polar surface area (TPSA) is 97.3 Å². The van der Waals surface area contributed by atoms with Gasteiger partial charge in [-0.05, 0) is 53.1 Å². The zero-order chi connectivity index (χ0) is 19.9. The molecule has 2 heterocycles. The summed E-state index contributed by atoms with van der Waals surface area (Å²) in [6.07, 6.45) is 0. The highest BCUT2D eigenvalue weighted by Crippen LogP contribution is 2.35. The van der Waals surface area contributed by atoms with Gasteiger partial charge in [0, 0.05) is 0 Å². The van der Waals surface area contributed by atoms with Crippen molar-refractivity contribution in [3.05, 3.63) is 59.7 Å². The molecule has 0 saturated heterocycles. The molecule has 9 heteroatoms. The Hall–Kier alpha value is -2.36. The number of fused-ring (bicyclic) bond motifs is 1. The number of hydrogen-bond acceptors (Lipinski definition) is 7. The third-order valence-corrected chi connectivity index (χ3v) is 6.78. The summed E-state index contributed by atoms with van der Waals surface area (Å²) >= 11 is 0.983. The van der Waals surface area contributed by atoms with Crippen molar-refractivity contribution in [2.24, 2.45) is 15.2 Å². The van der Waals surface area contributed by atoms with E-state index in [0.29, 0.717) is 17.6 Å². The SMILES string of the molecule is CC(C)c1ccc(Oc2ccc(C3CN4N=C(S(N)(=O)=O)SC4=N3)cc2)cc1. The molecule has 0 aromatic heterocycles. The molecule has 0 radical (unpaired) electrons. The van der Waals surface area contributed by atoms with Crippen molar-refractivity contribution >= 4 is 31.3 Å². The van der Waals surface area contributed by atoms with E-state index >= 15 is 0 Å². The van der Waals surface area contributed by atoms with E-state index in [-0.39, 0.29) is 10.4 Å². The summed E-state index contributed by atoms with van der Waals surface area (Å²) in [4.78, 5) is 4.55. The standard InChI is InChI=1S/C19H20N4O3S2/c1-12(2)13-3-7-15(8-4-13)26-16-9-5-14(6-10-16)17-11-23-18(21-17)27-19(22-23)28(20,24)25/h3-10,12,17H,11H2,1-2H3,(H2,20,24,25). The van der Waals surface area contributed by atoms with Gasteiger partial charge in [-0.3, -0.25) is 4.99 Å². The lowest BCUT2D eigenvalue weighted by Crippen LogP contribution is -2.20. The van der Waals surface area contributed by atoms with Gasteiger partial charge in [0.25, 0.3) is 10.0 Å². The van der Waals surface area contributed by atoms with Crippen molar-refractivity contribution in [1.29, 1.82) is 0 Å². The number of aliphatic imine (C=N–C) groups is 1. The predicted octanol–water partition coefficient (Wildman–Crippen LogP) is 3.62. The van der Waals surface area contributed by atoms with Crippen LogP contribution in [0.1, 0.15) is 36.9 Å². The van der Waals surface area contributed by atoms with Crippen LogP contribution in [-0.2, 0) is 10.0 Å². The second-order valence-corrected chi connectivity index (χ2v) is 9.61. The Morgan fingerprint density at radius 1 is 1.11 bits per heavy atom. The number of amidine groups is 1. The van der Waals surface area contributed by atoms with E-state index in [0.717, 1.165) is 28.8 Å². The van der Waals surface area contributed by atoms with Gasteiger partial charge in [0.2, 0.25) is 4.38 Å². The van der Waals surface area contributed by atoms with Crippen molar-refractivity contribution in [3.63, 3.8) is 0 Å². The minimum atomic E-state index is -3.80. The fourth-order valence-electron chi connectivity index (χ4n) is 2.95. The Bertz CT molecular complexity index is 1050. The normalized spacial score (nSPS) is 18.9. The Kier molecular flexibility index (Phi) is 4.90. The van der Waals surface area contributed by atoms with Gasteiger partial charge in [0.05, 0.1) is 12.6 Å². The van der Waals surface area contributed by atoms with E-state index in [9.17, 15) is 8.42 Å². The first-order chi connectivity index (χ1) is 13.3. The van der Waals surface area contributed by atoms with E-state index in [4.69, 9.17) is 9.88 Å². The van der Waals surface area contributed by atoms with Crippen LogP contribution in [0.5, 0.6) is 11.5 Å². The quantitative estimate of drug-likeness (QED) is 0.821. The molecule has 28 heavy (non-hydrogen) atoms. The van der Waals surface area contributed by atoms with E-state index < -0.39 is 10.0 Å². The van der Waals surface area contributed by atoms with E-state index in [1.807, 2.05) is 36.4 Å². The van der Waals surface area contributed by atoms with Gasteiger partial charge in [-0.25, -0.2) is 18.6 Å². The van der Waals surface area contributed by atoms with E-state index in [1.165, 1.54) is 5.56 Å². The highest BCUT2D eigenvalue weighted by atomic mass is 32.3. The molecule has 0 spiro atoms. The number of ether oxygens (including phenoxy) is 1. The molecule has 7 nitrogen and oxygen atoms in total. The molecule has 0 fully saturated rings. The zero-order valence-electron chi connectivity index (χ0n) is 15.4. The largest absolute Gasteiger partial charge is 0.457 e. The summed E-state index contributed by atoms with van der Waals surface area (Å²) in [6, 6.07) is 15.7. The molecule has 1 unspecified atom stereocenters. The van der Waals surface area contributed by atoms with E-state index in [2.05, 4.69) is 36.1 Å². The van der Waals surface area contributed by atoms with Gasteiger partial charge in [-0.15, -0.1) is 5.10 Å². The summed E-state index contributed by atoms with van der Waals surface area (Å²) in [6.45, 7) is 4.80. The number of nitrogens with zero attached hydrogens (tertiary/aromatic N) is 3. The second-order valence-electron chi connectivity index (χ2n) is 6.92. The Balaban J connectivity index is 1.42. The van der Waals surface area contributed by atoms with Crippen LogP contribution in [0.4, 0.5) is 0 Å². The Labute approximate surface area is 168 Å². The summed E-state index contributed by atoms with van der Waals surface area (Å²) in [5.41, 5.74) is 2.28. The lowest BCUT2D eigenvalue weighted by Gasteiger charge is -2.12. The van der Waals surface area contributed by atoms with Crippen molar-refractivity contribution in [3.8, 4) is 11.5 Å². The van der Waals surface area contributed by atoms with Crippen LogP contribution in [0.25, 0.3) is 0 Å². The average molecular weight is 417 g/mol. The lowest BCUT2D eigenvalue weighted by atomic mass is 10.0. The average Bonchev–Trinajstić information content (AvgIpc) is 3.22. The highest BCUT2D eigenvalue weighted by Gasteiger charge is 2.36. The third kappa shape index (κ3) is 3.91. The summed E-state index contributed by atoms with van der Waals surface area (Å²) in [7, 11) is -3.80. The Morgan fingerprint density at radius 3 is 2.25 bits per heavy atom. The maximum absolute atomic E-state index is 11.4. The van der Waals surface area contributed by atoms with Crippen LogP contribution in [-0.4, -0.2) is 29.5 Å². The minimum absolute atomic E-state index is 0.104. The van der Waals surface area contributed by atoms with Gasteiger partial charge in [0.15, 0.2) is 5.17 Å². The first kappa shape index (κ1) is 19.0. The first-order valence-corrected chi connectivity index (χ1v) is 11.2. The van der Waals surface area contributed by atoms with Gasteiger partial charge >= 0.3 is 0 Å². The second kappa shape index (κ2) is 7.23. The van der Waals surface area contributed by atoms with Gasteiger partial charge < -0.3 is 4.74 Å². The maximum Gasteiger partial charge on any atom is 0.264 e. The monoisotopic (exact) mass is 416 g/mol. The van der Waals surface area contributed by atoms with Crippen LogP contribution in [0.15, 0.2) is 58.6 Å². The zero-order valence-corrected chi connectivity index (χ0v) is 17.1. The van der Waals surface area contributed by atoms with E-state index in [1.54, 1.807) is 5.01 Å². The number of rotatable bonds is 4. The van der Waals surface area contributed by atoms with Crippen LogP contribution in [0, 0.1) is 0 Å². The molecule has 0 saturated carbocycles. The number of nitrogens with two attached hydrogens (primary N) is 1. The molecule has 2 aromatic rings. The molecule has 2 aliphatic heterocycles. The summed E-state index contributed by atoms with van der Waals surface area (Å²) < 4.78 is 28.6. The van der Waals surface area contributed by atoms with Crippen molar-refractivity contribution in [2.75, 3.05) is 6.54 Å². The van der Waals surface area contributed by atoms with Crippen LogP contribution >= 0.6 is 11.8 Å². The fraction of sp³-hybridized carbons (Fsp3) is 0.263. The summed E-state index contributed by atoms with van der Waals surface area (Å²) in [5.74, 6) is 2.02. The number of primary sulfonamides is 1. The van der Waals surface area contributed by atoms with Gasteiger partial charge in [-0.2, -0.15) is 0 Å². The molecule has 1 atom stereocenters. The molecule has 4 rings (SSSR count). The van der Waals surface area contributed by atoms with Gasteiger partial charge in [-0.1, -0.05) is 38.1 Å². The molecular weight excluding hydrogens is 396 g/mol. The summed E-state index contributed by atoms with van der Waals surface area (Å²) in [5, 5.41) is 11.3. The van der Waals surface area contributed by atoms with Crippen LogP contribution < -0.4 is 9.88 Å². The number of benzene rings is 2. The van der Waals surface area contributed by atoms with Crippen LogP contribution in [0.2, 0.25) is 0 Å². The number of thioether (sulfide) groups is 1. The van der Waals surface area contributed by atoms with Crippen molar-refractivity contribution in [2.45, 2.75) is 25.8 Å². The smallest absolute Gasteiger partial charge is 0.264 e. The third-order valence-electron chi connectivity index (χ3n) is 4.50. The van der Waals surface area contributed by atoms with Crippen LogP contribution in [0.3, 0.4) is 0 Å². The van der Waals surface area contributed by atoms with Gasteiger partial charge in [0.1, 0.15) is 11.5 Å². The number of hydrogen-bond donors (Lipinski definition) is 1. The predicted molar refractivity (Wildman–Crippen MR) is 112 cm³/mol. The van der Waals surface area contributed by atoms with Crippen molar-refractivity contribution < 1.29 is 13.2 Å². The maximum atomic E-state index is 11.4. The fourth-order valence-corrected chi connectivity index (χ4v) is 4.55. The number of sulfonamides is 1. The highest BCUT2D eigenvalue weighted by molar-refractivity contribution is 8.42. The number of hydrazone groups is 1. The molecule has 0 bridgehead atoms. The molecule has 2 aliphatic rings.